The molecule has 3 nitrogen and oxygen atoms in total. The number of nitrogens with zero attached hydrogens (tertiary/aromatic N) is 1. The van der Waals surface area contributed by atoms with E-state index in [1.54, 1.807) is 19.2 Å². The highest BCUT2D eigenvalue weighted by Gasteiger charge is 2.21. The Morgan fingerprint density at radius 1 is 1.54 bits per heavy atom. The van der Waals surface area contributed by atoms with Crippen LogP contribution in [0.25, 0.3) is 0 Å². The number of anilines is 1. The lowest BCUT2D eigenvalue weighted by atomic mass is 10.1. The van der Waals surface area contributed by atoms with Gasteiger partial charge in [0.1, 0.15) is 6.61 Å². The van der Waals surface area contributed by atoms with Crippen molar-refractivity contribution >= 4 is 23.4 Å². The van der Waals surface area contributed by atoms with Crippen LogP contribution in [-0.4, -0.2) is 13.1 Å². The van der Waals surface area contributed by atoms with E-state index in [9.17, 15) is 4.79 Å². The lowest BCUT2D eigenvalue weighted by molar-refractivity contribution is 0.143. The van der Waals surface area contributed by atoms with Gasteiger partial charge in [0.25, 0.3) is 0 Å². The van der Waals surface area contributed by atoms with E-state index in [0.29, 0.717) is 11.6 Å². The van der Waals surface area contributed by atoms with Gasteiger partial charge >= 0.3 is 6.09 Å². The first-order valence-corrected chi connectivity index (χ1v) is 4.25. The largest absolute Gasteiger partial charge is 0.444 e. The summed E-state index contributed by atoms with van der Waals surface area (Å²) in [7, 11) is 1.66. The molecule has 0 N–H and O–H groups in total. The number of carbonyl (C=O) groups excluding carboxylic acids is 1. The molecule has 68 valence electrons. The average molecular weight is 198 g/mol. The lowest BCUT2D eigenvalue weighted by Crippen LogP contribution is -2.31. The van der Waals surface area contributed by atoms with Crippen molar-refractivity contribution in [3.63, 3.8) is 0 Å². The third-order valence-corrected chi connectivity index (χ3v) is 2.27. The summed E-state index contributed by atoms with van der Waals surface area (Å²) in [6, 6.07) is 5.41. The Labute approximate surface area is 80.9 Å². The first-order chi connectivity index (χ1) is 6.18. The van der Waals surface area contributed by atoms with E-state index >= 15 is 0 Å². The first-order valence-electron chi connectivity index (χ1n) is 3.87. The van der Waals surface area contributed by atoms with Crippen LogP contribution in [0, 0.1) is 0 Å². The van der Waals surface area contributed by atoms with Crippen LogP contribution in [0.2, 0.25) is 5.02 Å². The van der Waals surface area contributed by atoms with E-state index < -0.39 is 0 Å². The molecule has 0 atom stereocenters. The highest BCUT2D eigenvalue weighted by atomic mass is 35.5. The van der Waals surface area contributed by atoms with E-state index in [4.69, 9.17) is 16.3 Å². The summed E-state index contributed by atoms with van der Waals surface area (Å²) in [4.78, 5) is 12.6. The van der Waals surface area contributed by atoms with Crippen LogP contribution in [0.5, 0.6) is 0 Å². The first kappa shape index (κ1) is 8.38. The maximum absolute atomic E-state index is 11.1. The number of cyclic esters (lactones) is 1. The predicted octanol–water partition coefficient (Wildman–Crippen LogP) is 2.43. The molecule has 1 aliphatic rings. The molecule has 0 bridgehead atoms. The zero-order valence-electron chi connectivity index (χ0n) is 7.08. The fourth-order valence-electron chi connectivity index (χ4n) is 1.31. The lowest BCUT2D eigenvalue weighted by Gasteiger charge is -2.25. The Morgan fingerprint density at radius 2 is 2.31 bits per heavy atom. The summed E-state index contributed by atoms with van der Waals surface area (Å²) in [6.45, 7) is 0.329. The highest BCUT2D eigenvalue weighted by molar-refractivity contribution is 6.31. The number of benzene rings is 1. The van der Waals surface area contributed by atoms with Gasteiger partial charge in [-0.25, -0.2) is 4.79 Å². The molecule has 0 unspecified atom stereocenters. The Bertz CT molecular complexity index is 365. The van der Waals surface area contributed by atoms with Crippen molar-refractivity contribution in [1.29, 1.82) is 0 Å². The Hall–Kier alpha value is -1.22. The van der Waals surface area contributed by atoms with Gasteiger partial charge in [0.2, 0.25) is 0 Å². The molecule has 0 aromatic heterocycles. The van der Waals surface area contributed by atoms with Gasteiger partial charge in [-0.05, 0) is 12.1 Å². The quantitative estimate of drug-likeness (QED) is 0.639. The van der Waals surface area contributed by atoms with E-state index in [0.717, 1.165) is 11.3 Å². The van der Waals surface area contributed by atoms with Crippen LogP contribution in [0.4, 0.5) is 10.5 Å². The number of rotatable bonds is 0. The van der Waals surface area contributed by atoms with Crippen molar-refractivity contribution in [2.45, 2.75) is 6.61 Å². The number of ether oxygens (including phenoxy) is 1. The number of hydrogen-bond acceptors (Lipinski definition) is 2. The molecule has 1 aliphatic heterocycles. The molecule has 0 fully saturated rings. The summed E-state index contributed by atoms with van der Waals surface area (Å²) in [5.41, 5.74) is 1.80. The van der Waals surface area contributed by atoms with E-state index in [-0.39, 0.29) is 6.09 Å². The molecule has 13 heavy (non-hydrogen) atoms. The zero-order valence-corrected chi connectivity index (χ0v) is 7.84. The molecule has 0 aliphatic carbocycles. The summed E-state index contributed by atoms with van der Waals surface area (Å²) < 4.78 is 4.90. The molecule has 0 spiro atoms. The predicted molar refractivity (Wildman–Crippen MR) is 50.0 cm³/mol. The molecule has 4 heteroatoms. The Morgan fingerprint density at radius 3 is 3.08 bits per heavy atom. The number of amides is 1. The molecule has 1 heterocycles. The summed E-state index contributed by atoms with van der Waals surface area (Å²) >= 11 is 5.81. The molecular formula is C9H8ClNO2. The van der Waals surface area contributed by atoms with Crippen LogP contribution >= 0.6 is 11.6 Å². The second-order valence-electron chi connectivity index (χ2n) is 2.89. The molecular weight excluding hydrogens is 190 g/mol. The van der Waals surface area contributed by atoms with Gasteiger partial charge in [-0.2, -0.15) is 0 Å². The second-order valence-corrected chi connectivity index (χ2v) is 3.32. The smallest absolute Gasteiger partial charge is 0.414 e. The zero-order chi connectivity index (χ0) is 9.42. The van der Waals surface area contributed by atoms with E-state index in [1.165, 1.54) is 4.90 Å². The van der Waals surface area contributed by atoms with Gasteiger partial charge in [0.05, 0.1) is 5.69 Å². The number of hydrogen-bond donors (Lipinski definition) is 0. The summed E-state index contributed by atoms with van der Waals surface area (Å²) in [5, 5.41) is 0.625. The summed E-state index contributed by atoms with van der Waals surface area (Å²) in [6.07, 6.45) is -0.338. The van der Waals surface area contributed by atoms with Crippen LogP contribution < -0.4 is 4.90 Å². The molecule has 1 aromatic carbocycles. The SMILES string of the molecule is CN1C(=O)OCc2ccc(Cl)cc21. The van der Waals surface area contributed by atoms with Crippen molar-refractivity contribution in [3.05, 3.63) is 28.8 Å². The standard InChI is InChI=1S/C9H8ClNO2/c1-11-8-4-7(10)3-2-6(8)5-13-9(11)12/h2-4H,5H2,1H3. The monoisotopic (exact) mass is 197 g/mol. The van der Waals surface area contributed by atoms with Gasteiger partial charge in [-0.3, -0.25) is 4.90 Å². The van der Waals surface area contributed by atoms with Gasteiger partial charge in [0.15, 0.2) is 0 Å². The number of halogens is 1. The van der Waals surface area contributed by atoms with Gasteiger partial charge in [0, 0.05) is 17.6 Å². The van der Waals surface area contributed by atoms with E-state index in [1.807, 2.05) is 6.07 Å². The molecule has 0 saturated heterocycles. The molecule has 1 aromatic rings. The molecule has 0 saturated carbocycles. The van der Waals surface area contributed by atoms with Crippen LogP contribution in [0.15, 0.2) is 18.2 Å². The van der Waals surface area contributed by atoms with Crippen molar-refractivity contribution in [3.8, 4) is 0 Å². The van der Waals surface area contributed by atoms with Gasteiger partial charge in [-0.15, -0.1) is 0 Å². The minimum Gasteiger partial charge on any atom is -0.444 e. The van der Waals surface area contributed by atoms with Crippen molar-refractivity contribution in [2.24, 2.45) is 0 Å². The average Bonchev–Trinajstić information content (AvgIpc) is 2.12. The fraction of sp³-hybridized carbons (Fsp3) is 0.222. The fourth-order valence-corrected chi connectivity index (χ4v) is 1.47. The van der Waals surface area contributed by atoms with Crippen molar-refractivity contribution < 1.29 is 9.53 Å². The maximum Gasteiger partial charge on any atom is 0.414 e. The maximum atomic E-state index is 11.1. The molecule has 2 rings (SSSR count). The second kappa shape index (κ2) is 2.92. The number of fused-ring (bicyclic) bond motifs is 1. The Kier molecular flexibility index (Phi) is 1.88. The van der Waals surface area contributed by atoms with Gasteiger partial charge < -0.3 is 4.74 Å². The minimum atomic E-state index is -0.338. The third kappa shape index (κ3) is 1.35. The van der Waals surface area contributed by atoms with Crippen LogP contribution in [-0.2, 0) is 11.3 Å². The van der Waals surface area contributed by atoms with E-state index in [2.05, 4.69) is 0 Å². The van der Waals surface area contributed by atoms with Crippen molar-refractivity contribution in [2.75, 3.05) is 11.9 Å². The number of carbonyl (C=O) groups is 1. The van der Waals surface area contributed by atoms with Crippen molar-refractivity contribution in [1.82, 2.24) is 0 Å². The molecule has 1 amide bonds. The summed E-state index contributed by atoms with van der Waals surface area (Å²) in [5.74, 6) is 0. The molecule has 0 radical (unpaired) electrons. The Balaban J connectivity index is 2.51. The topological polar surface area (TPSA) is 29.5 Å². The third-order valence-electron chi connectivity index (χ3n) is 2.03. The van der Waals surface area contributed by atoms with Crippen LogP contribution in [0.1, 0.15) is 5.56 Å². The van der Waals surface area contributed by atoms with Crippen LogP contribution in [0.3, 0.4) is 0 Å². The normalized spacial score (nSPS) is 15.2. The van der Waals surface area contributed by atoms with Gasteiger partial charge in [-0.1, -0.05) is 17.7 Å². The minimum absolute atomic E-state index is 0.329. The highest BCUT2D eigenvalue weighted by Crippen LogP contribution is 2.28.